The average Bonchev–Trinajstić information content (AvgIpc) is 2.61. The SMILES string of the molecule is COc1cc(OC)nc(NC(=O)NS(=O)(=O)c2ccccc2CCCl)n1. The molecule has 0 aliphatic rings. The van der Waals surface area contributed by atoms with Gasteiger partial charge in [0.05, 0.1) is 25.2 Å². The number of ether oxygens (including phenoxy) is 2. The number of nitrogens with zero attached hydrogens (tertiary/aromatic N) is 2. The predicted octanol–water partition coefficient (Wildman–Crippen LogP) is 1.79. The monoisotopic (exact) mass is 400 g/mol. The van der Waals surface area contributed by atoms with Crippen LogP contribution < -0.4 is 19.5 Å². The van der Waals surface area contributed by atoms with Gasteiger partial charge in [-0.25, -0.2) is 17.9 Å². The molecule has 2 amide bonds. The number of nitrogens with one attached hydrogen (secondary N) is 2. The van der Waals surface area contributed by atoms with E-state index < -0.39 is 16.1 Å². The van der Waals surface area contributed by atoms with E-state index in [9.17, 15) is 13.2 Å². The fraction of sp³-hybridized carbons (Fsp3) is 0.267. The summed E-state index contributed by atoms with van der Waals surface area (Å²) in [5.41, 5.74) is 0.502. The second kappa shape index (κ2) is 8.68. The van der Waals surface area contributed by atoms with Crippen LogP contribution >= 0.6 is 11.6 Å². The first kappa shape index (κ1) is 19.7. The fourth-order valence-corrected chi connectivity index (χ4v) is 3.43. The summed E-state index contributed by atoms with van der Waals surface area (Å²) >= 11 is 5.69. The minimum atomic E-state index is -4.10. The van der Waals surface area contributed by atoms with Crippen LogP contribution in [0, 0.1) is 0 Å². The molecule has 2 rings (SSSR count). The number of halogens is 1. The van der Waals surface area contributed by atoms with Crippen LogP contribution in [0.15, 0.2) is 35.2 Å². The molecule has 0 saturated heterocycles. The van der Waals surface area contributed by atoms with Crippen LogP contribution in [0.2, 0.25) is 0 Å². The van der Waals surface area contributed by atoms with Crippen molar-refractivity contribution in [3.05, 3.63) is 35.9 Å². The van der Waals surface area contributed by atoms with E-state index in [4.69, 9.17) is 21.1 Å². The molecule has 0 aliphatic heterocycles. The molecule has 0 spiro atoms. The highest BCUT2D eigenvalue weighted by Crippen LogP contribution is 2.18. The van der Waals surface area contributed by atoms with E-state index in [0.29, 0.717) is 12.0 Å². The van der Waals surface area contributed by atoms with E-state index >= 15 is 0 Å². The summed E-state index contributed by atoms with van der Waals surface area (Å²) in [7, 11) is -1.34. The maximum absolute atomic E-state index is 12.5. The van der Waals surface area contributed by atoms with Crippen LogP contribution in [-0.4, -0.2) is 44.5 Å². The smallest absolute Gasteiger partial charge is 0.335 e. The number of hydrogen-bond donors (Lipinski definition) is 2. The van der Waals surface area contributed by atoms with Gasteiger partial charge in [0.15, 0.2) is 0 Å². The van der Waals surface area contributed by atoms with Crippen molar-refractivity contribution in [2.75, 3.05) is 25.4 Å². The van der Waals surface area contributed by atoms with Crippen LogP contribution in [0.5, 0.6) is 11.8 Å². The minimum Gasteiger partial charge on any atom is -0.481 e. The van der Waals surface area contributed by atoms with E-state index in [2.05, 4.69) is 15.3 Å². The van der Waals surface area contributed by atoms with Gasteiger partial charge in [-0.05, 0) is 18.1 Å². The Kier molecular flexibility index (Phi) is 6.58. The van der Waals surface area contributed by atoms with E-state index in [1.165, 1.54) is 26.4 Å². The third-order valence-electron chi connectivity index (χ3n) is 3.18. The van der Waals surface area contributed by atoms with Gasteiger partial charge in [-0.3, -0.25) is 5.32 Å². The number of hydrogen-bond acceptors (Lipinski definition) is 7. The molecule has 0 atom stereocenters. The zero-order valence-corrected chi connectivity index (χ0v) is 15.6. The Bertz CT molecular complexity index is 869. The van der Waals surface area contributed by atoms with Crippen molar-refractivity contribution in [3.63, 3.8) is 0 Å². The largest absolute Gasteiger partial charge is 0.481 e. The maximum atomic E-state index is 12.5. The summed E-state index contributed by atoms with van der Waals surface area (Å²) < 4.78 is 36.8. The van der Waals surface area contributed by atoms with Crippen molar-refractivity contribution < 1.29 is 22.7 Å². The Morgan fingerprint density at radius 3 is 2.35 bits per heavy atom. The number of alkyl halides is 1. The highest BCUT2D eigenvalue weighted by molar-refractivity contribution is 7.90. The molecule has 0 fully saturated rings. The van der Waals surface area contributed by atoms with Gasteiger partial charge in [-0.2, -0.15) is 9.97 Å². The van der Waals surface area contributed by atoms with E-state index in [1.54, 1.807) is 18.2 Å². The molecular formula is C15H17ClN4O5S. The van der Waals surface area contributed by atoms with Crippen LogP contribution in [0.4, 0.5) is 10.7 Å². The number of amides is 2. The molecule has 0 radical (unpaired) electrons. The first-order valence-electron chi connectivity index (χ1n) is 7.34. The first-order chi connectivity index (χ1) is 12.4. The molecule has 1 aromatic carbocycles. The topological polar surface area (TPSA) is 120 Å². The number of rotatable bonds is 7. The second-order valence-corrected chi connectivity index (χ2v) is 6.91. The van der Waals surface area contributed by atoms with Gasteiger partial charge < -0.3 is 9.47 Å². The van der Waals surface area contributed by atoms with Gasteiger partial charge >= 0.3 is 6.03 Å². The molecule has 1 aromatic heterocycles. The molecule has 26 heavy (non-hydrogen) atoms. The summed E-state index contributed by atoms with van der Waals surface area (Å²) in [5.74, 6) is 0.351. The van der Waals surface area contributed by atoms with Crippen molar-refractivity contribution in [2.24, 2.45) is 0 Å². The molecule has 0 bridgehead atoms. The third-order valence-corrected chi connectivity index (χ3v) is 4.80. The molecule has 0 saturated carbocycles. The minimum absolute atomic E-state index is 0.0278. The predicted molar refractivity (Wildman–Crippen MR) is 95.3 cm³/mol. The zero-order valence-electron chi connectivity index (χ0n) is 14.0. The van der Waals surface area contributed by atoms with Gasteiger partial charge in [0.1, 0.15) is 0 Å². The Labute approximate surface area is 155 Å². The lowest BCUT2D eigenvalue weighted by molar-refractivity contribution is 0.256. The van der Waals surface area contributed by atoms with Gasteiger partial charge in [-0.15, -0.1) is 11.6 Å². The Morgan fingerprint density at radius 2 is 1.77 bits per heavy atom. The molecule has 0 aliphatic carbocycles. The molecule has 1 heterocycles. The van der Waals surface area contributed by atoms with Crippen molar-refractivity contribution >= 4 is 33.6 Å². The quantitative estimate of drug-likeness (QED) is 0.680. The number of sulfonamides is 1. The molecular weight excluding hydrogens is 384 g/mol. The summed E-state index contributed by atoms with van der Waals surface area (Å²) in [6.07, 6.45) is 0.344. The van der Waals surface area contributed by atoms with Crippen LogP contribution in [0.3, 0.4) is 0 Å². The van der Waals surface area contributed by atoms with Crippen LogP contribution in [-0.2, 0) is 16.4 Å². The van der Waals surface area contributed by atoms with Gasteiger partial charge in [-0.1, -0.05) is 18.2 Å². The van der Waals surface area contributed by atoms with Gasteiger partial charge in [0.2, 0.25) is 17.7 Å². The Morgan fingerprint density at radius 1 is 1.15 bits per heavy atom. The fourth-order valence-electron chi connectivity index (χ4n) is 2.05. The van der Waals surface area contributed by atoms with Gasteiger partial charge in [0, 0.05) is 5.88 Å². The number of urea groups is 1. The van der Waals surface area contributed by atoms with Crippen LogP contribution in [0.25, 0.3) is 0 Å². The lowest BCUT2D eigenvalue weighted by Crippen LogP contribution is -2.35. The Hall–Kier alpha value is -2.59. The van der Waals surface area contributed by atoms with Crippen molar-refractivity contribution in [3.8, 4) is 11.8 Å². The number of benzene rings is 1. The molecule has 0 unspecified atom stereocenters. The third kappa shape index (κ3) is 4.96. The zero-order chi connectivity index (χ0) is 19.2. The highest BCUT2D eigenvalue weighted by atomic mass is 35.5. The number of aromatic nitrogens is 2. The second-order valence-electron chi connectivity index (χ2n) is 4.88. The number of aryl methyl sites for hydroxylation is 1. The van der Waals surface area contributed by atoms with E-state index in [-0.39, 0.29) is 28.5 Å². The number of methoxy groups -OCH3 is 2. The molecule has 11 heteroatoms. The maximum Gasteiger partial charge on any atom is 0.335 e. The highest BCUT2D eigenvalue weighted by Gasteiger charge is 2.21. The lowest BCUT2D eigenvalue weighted by atomic mass is 10.2. The normalized spacial score (nSPS) is 10.9. The van der Waals surface area contributed by atoms with Crippen LogP contribution in [0.1, 0.15) is 5.56 Å². The summed E-state index contributed by atoms with van der Waals surface area (Å²) in [4.78, 5) is 19.8. The standard InChI is InChI=1S/C15H17ClN4O5S/c1-24-12-9-13(25-2)18-14(17-12)19-15(21)20-26(22,23)11-6-4-3-5-10(11)7-8-16/h3-6,9H,7-8H2,1-2H3,(H2,17,18,19,20,21). The molecule has 140 valence electrons. The Balaban J connectivity index is 2.19. The van der Waals surface area contributed by atoms with Gasteiger partial charge in [0.25, 0.3) is 10.0 Å². The molecule has 2 aromatic rings. The first-order valence-corrected chi connectivity index (χ1v) is 9.36. The number of carbonyl (C=O) groups is 1. The number of carbonyl (C=O) groups excluding carboxylic acids is 1. The van der Waals surface area contributed by atoms with Crippen molar-refractivity contribution in [1.82, 2.24) is 14.7 Å². The number of anilines is 1. The lowest BCUT2D eigenvalue weighted by Gasteiger charge is -2.11. The van der Waals surface area contributed by atoms with E-state index in [1.807, 2.05) is 4.72 Å². The van der Waals surface area contributed by atoms with Crippen molar-refractivity contribution in [2.45, 2.75) is 11.3 Å². The summed E-state index contributed by atoms with van der Waals surface area (Å²) in [6.45, 7) is 0. The van der Waals surface area contributed by atoms with Crippen molar-refractivity contribution in [1.29, 1.82) is 0 Å². The summed E-state index contributed by atoms with van der Waals surface area (Å²) in [5, 5.41) is 2.23. The molecule has 9 nitrogen and oxygen atoms in total. The van der Waals surface area contributed by atoms with E-state index in [0.717, 1.165) is 0 Å². The average molecular weight is 401 g/mol. The summed E-state index contributed by atoms with van der Waals surface area (Å²) in [6, 6.07) is 6.65. The molecule has 2 N–H and O–H groups in total.